The molecule has 1 aliphatic rings. The van der Waals surface area contributed by atoms with E-state index in [4.69, 9.17) is 4.74 Å². The Morgan fingerprint density at radius 3 is 2.82 bits per heavy atom. The van der Waals surface area contributed by atoms with E-state index in [1.807, 2.05) is 0 Å². The average Bonchev–Trinajstić information content (AvgIpc) is 2.64. The highest BCUT2D eigenvalue weighted by Crippen LogP contribution is 2.37. The lowest BCUT2D eigenvalue weighted by Crippen LogP contribution is -2.23. The van der Waals surface area contributed by atoms with E-state index in [1.54, 1.807) is 0 Å². The van der Waals surface area contributed by atoms with Gasteiger partial charge in [0.2, 0.25) is 0 Å². The highest BCUT2D eigenvalue weighted by molar-refractivity contribution is 5.24. The summed E-state index contributed by atoms with van der Waals surface area (Å²) in [7, 11) is 0. The van der Waals surface area contributed by atoms with Gasteiger partial charge in [-0.2, -0.15) is 0 Å². The van der Waals surface area contributed by atoms with E-state index in [9.17, 15) is 18.9 Å². The molecule has 2 atom stereocenters. The van der Waals surface area contributed by atoms with Crippen LogP contribution in [-0.4, -0.2) is 11.0 Å². The van der Waals surface area contributed by atoms with Crippen molar-refractivity contribution in [2.24, 2.45) is 0 Å². The van der Waals surface area contributed by atoms with E-state index in [0.29, 0.717) is 0 Å². The van der Waals surface area contributed by atoms with Crippen molar-refractivity contribution in [3.05, 3.63) is 57.8 Å². The molecule has 0 saturated carbocycles. The standard InChI is InChI=1S/C11H9F2NO3/c1-6-4-10(14(15)16)11(17-6)8-5-7(12)2-3-9(8)13/h2-3,5,10-11H,1,4H2/t10-,11-/m0/s1. The number of nitro groups is 1. The molecule has 1 fully saturated rings. The quantitative estimate of drug-likeness (QED) is 0.590. The molecule has 0 radical (unpaired) electrons. The fourth-order valence-electron chi connectivity index (χ4n) is 1.83. The maximum atomic E-state index is 13.5. The lowest BCUT2D eigenvalue weighted by molar-refractivity contribution is -0.528. The maximum Gasteiger partial charge on any atom is 0.260 e. The van der Waals surface area contributed by atoms with Crippen LogP contribution < -0.4 is 0 Å². The lowest BCUT2D eigenvalue weighted by atomic mass is 10.0. The van der Waals surface area contributed by atoms with E-state index in [1.165, 1.54) is 0 Å². The van der Waals surface area contributed by atoms with Crippen molar-refractivity contribution in [2.75, 3.05) is 0 Å². The zero-order valence-electron chi connectivity index (χ0n) is 8.73. The van der Waals surface area contributed by atoms with Crippen molar-refractivity contribution in [3.63, 3.8) is 0 Å². The van der Waals surface area contributed by atoms with Gasteiger partial charge in [-0.15, -0.1) is 0 Å². The molecule has 1 aromatic rings. The molecule has 0 spiro atoms. The molecule has 0 aromatic heterocycles. The summed E-state index contributed by atoms with van der Waals surface area (Å²) in [5.41, 5.74) is -0.148. The number of hydrogen-bond donors (Lipinski definition) is 0. The molecule has 2 rings (SSSR count). The lowest BCUT2D eigenvalue weighted by Gasteiger charge is -2.13. The van der Waals surface area contributed by atoms with E-state index in [2.05, 4.69) is 6.58 Å². The predicted molar refractivity (Wildman–Crippen MR) is 54.7 cm³/mol. The molecule has 1 aliphatic heterocycles. The Hall–Kier alpha value is -1.98. The normalized spacial score (nSPS) is 23.5. The van der Waals surface area contributed by atoms with Gasteiger partial charge in [0.1, 0.15) is 11.6 Å². The van der Waals surface area contributed by atoms with E-state index < -0.39 is 28.7 Å². The van der Waals surface area contributed by atoms with Gasteiger partial charge in [0.25, 0.3) is 6.04 Å². The first-order valence-corrected chi connectivity index (χ1v) is 4.92. The molecule has 0 N–H and O–H groups in total. The molecule has 90 valence electrons. The Morgan fingerprint density at radius 1 is 1.47 bits per heavy atom. The molecule has 0 unspecified atom stereocenters. The number of rotatable bonds is 2. The van der Waals surface area contributed by atoms with Gasteiger partial charge in [-0.1, -0.05) is 6.58 Å². The minimum atomic E-state index is -1.13. The van der Waals surface area contributed by atoms with Crippen LogP contribution in [0.4, 0.5) is 8.78 Å². The number of nitrogens with zero attached hydrogens (tertiary/aromatic N) is 1. The molecule has 6 heteroatoms. The molecule has 1 heterocycles. The van der Waals surface area contributed by atoms with Gasteiger partial charge in [0, 0.05) is 10.5 Å². The van der Waals surface area contributed by atoms with Crippen LogP contribution in [0.25, 0.3) is 0 Å². The first kappa shape index (κ1) is 11.5. The third-order valence-corrected chi connectivity index (χ3v) is 2.62. The second-order valence-corrected chi connectivity index (χ2v) is 3.80. The van der Waals surface area contributed by atoms with Crippen molar-refractivity contribution >= 4 is 0 Å². The van der Waals surface area contributed by atoms with E-state index in [-0.39, 0.29) is 17.7 Å². The molecular formula is C11H9F2NO3. The zero-order valence-corrected chi connectivity index (χ0v) is 8.73. The molecule has 0 aliphatic carbocycles. The second-order valence-electron chi connectivity index (χ2n) is 3.80. The van der Waals surface area contributed by atoms with Crippen molar-refractivity contribution in [2.45, 2.75) is 18.6 Å². The first-order chi connectivity index (χ1) is 7.99. The molecule has 0 bridgehead atoms. The fourth-order valence-corrected chi connectivity index (χ4v) is 1.83. The second kappa shape index (κ2) is 4.12. The number of halogens is 2. The third-order valence-electron chi connectivity index (χ3n) is 2.62. The predicted octanol–water partition coefficient (Wildman–Crippen LogP) is 2.59. The summed E-state index contributed by atoms with van der Waals surface area (Å²) in [5, 5.41) is 10.8. The van der Waals surface area contributed by atoms with E-state index >= 15 is 0 Å². The van der Waals surface area contributed by atoms with Crippen molar-refractivity contribution in [1.82, 2.24) is 0 Å². The maximum absolute atomic E-state index is 13.5. The molecule has 0 amide bonds. The van der Waals surface area contributed by atoms with Crippen molar-refractivity contribution in [3.8, 4) is 0 Å². The monoisotopic (exact) mass is 241 g/mol. The summed E-state index contributed by atoms with van der Waals surface area (Å²) < 4.78 is 31.6. The SMILES string of the molecule is C=C1C[C@H]([N+](=O)[O-])[C@H](c2cc(F)ccc2F)O1. The summed E-state index contributed by atoms with van der Waals surface area (Å²) in [6.07, 6.45) is -1.11. The van der Waals surface area contributed by atoms with Crippen LogP contribution in [-0.2, 0) is 4.74 Å². The number of benzene rings is 1. The third kappa shape index (κ3) is 2.11. The molecule has 4 nitrogen and oxygen atoms in total. The van der Waals surface area contributed by atoms with Gasteiger partial charge in [-0.05, 0) is 18.2 Å². The summed E-state index contributed by atoms with van der Waals surface area (Å²) in [6.45, 7) is 3.47. The topological polar surface area (TPSA) is 52.4 Å². The smallest absolute Gasteiger partial charge is 0.260 e. The highest BCUT2D eigenvalue weighted by Gasteiger charge is 2.43. The Bertz CT molecular complexity index is 490. The first-order valence-electron chi connectivity index (χ1n) is 4.92. The van der Waals surface area contributed by atoms with Gasteiger partial charge in [0.15, 0.2) is 6.10 Å². The molecule has 1 aromatic carbocycles. The average molecular weight is 241 g/mol. The van der Waals surface area contributed by atoms with Crippen LogP contribution in [0, 0.1) is 21.7 Å². The van der Waals surface area contributed by atoms with Gasteiger partial charge >= 0.3 is 0 Å². The van der Waals surface area contributed by atoms with Gasteiger partial charge in [-0.25, -0.2) is 8.78 Å². The van der Waals surface area contributed by atoms with Crippen LogP contribution in [0.3, 0.4) is 0 Å². The Labute approximate surface area is 95.7 Å². The van der Waals surface area contributed by atoms with Crippen LogP contribution in [0.5, 0.6) is 0 Å². The number of ether oxygens (including phenoxy) is 1. The van der Waals surface area contributed by atoms with Crippen LogP contribution >= 0.6 is 0 Å². The summed E-state index contributed by atoms with van der Waals surface area (Å²) in [4.78, 5) is 10.2. The largest absolute Gasteiger partial charge is 0.483 e. The van der Waals surface area contributed by atoms with Gasteiger partial charge < -0.3 is 4.74 Å². The van der Waals surface area contributed by atoms with Gasteiger partial charge in [0.05, 0.1) is 12.2 Å². The Morgan fingerprint density at radius 2 is 2.18 bits per heavy atom. The van der Waals surface area contributed by atoms with E-state index in [0.717, 1.165) is 18.2 Å². The summed E-state index contributed by atoms with van der Waals surface area (Å²) in [6, 6.07) is 1.66. The Kier molecular flexibility index (Phi) is 2.79. The highest BCUT2D eigenvalue weighted by atomic mass is 19.1. The van der Waals surface area contributed by atoms with Crippen LogP contribution in [0.15, 0.2) is 30.5 Å². The van der Waals surface area contributed by atoms with Crippen LogP contribution in [0.1, 0.15) is 18.1 Å². The summed E-state index contributed by atoms with van der Waals surface area (Å²) in [5.74, 6) is -1.18. The van der Waals surface area contributed by atoms with Crippen LogP contribution in [0.2, 0.25) is 0 Å². The van der Waals surface area contributed by atoms with Gasteiger partial charge in [-0.3, -0.25) is 10.1 Å². The molecule has 1 saturated heterocycles. The summed E-state index contributed by atoms with van der Waals surface area (Å²) >= 11 is 0. The van der Waals surface area contributed by atoms with Crippen molar-refractivity contribution < 1.29 is 18.4 Å². The fraction of sp³-hybridized carbons (Fsp3) is 0.273. The Balaban J connectivity index is 2.41. The molecule has 17 heavy (non-hydrogen) atoms. The van der Waals surface area contributed by atoms with Crippen molar-refractivity contribution in [1.29, 1.82) is 0 Å². The minimum Gasteiger partial charge on any atom is -0.483 e. The zero-order chi connectivity index (χ0) is 12.6. The minimum absolute atomic E-state index is 0.00756. The number of hydrogen-bond acceptors (Lipinski definition) is 3. The molecular weight excluding hydrogens is 232 g/mol.